The van der Waals surface area contributed by atoms with E-state index in [0.717, 1.165) is 19.3 Å². The first-order valence-corrected chi connectivity index (χ1v) is 4.75. The number of hydrogen-bond acceptors (Lipinski definition) is 2. The predicted octanol–water partition coefficient (Wildman–Crippen LogP) is 1.33. The Morgan fingerprint density at radius 2 is 2.17 bits per heavy atom. The number of aliphatic hydroxyl groups is 2. The quantitative estimate of drug-likeness (QED) is 0.625. The number of aliphatic hydroxyl groups excluding tert-OH is 2. The lowest BCUT2D eigenvalue weighted by atomic mass is 9.82. The van der Waals surface area contributed by atoms with Gasteiger partial charge in [0.15, 0.2) is 0 Å². The van der Waals surface area contributed by atoms with Gasteiger partial charge in [0.05, 0.1) is 0 Å². The summed E-state index contributed by atoms with van der Waals surface area (Å²) in [4.78, 5) is 0. The molecule has 0 bridgehead atoms. The molecule has 12 heavy (non-hydrogen) atoms. The van der Waals surface area contributed by atoms with Gasteiger partial charge in [-0.2, -0.15) is 0 Å². The fourth-order valence-corrected chi connectivity index (χ4v) is 1.89. The highest BCUT2D eigenvalue weighted by Gasteiger charge is 2.20. The largest absolute Gasteiger partial charge is 0.396 e. The lowest BCUT2D eigenvalue weighted by Crippen LogP contribution is -2.20. The molecule has 0 saturated heterocycles. The molecule has 0 radical (unpaired) electrons. The third-order valence-electron chi connectivity index (χ3n) is 2.71. The van der Waals surface area contributed by atoms with Gasteiger partial charge in [-0.3, -0.25) is 0 Å². The van der Waals surface area contributed by atoms with E-state index in [9.17, 15) is 0 Å². The smallest absolute Gasteiger partial charge is 0.0462 e. The molecule has 1 rings (SSSR count). The predicted molar refractivity (Wildman–Crippen MR) is 48.8 cm³/mol. The van der Waals surface area contributed by atoms with Crippen LogP contribution in [0.5, 0.6) is 0 Å². The van der Waals surface area contributed by atoms with Crippen molar-refractivity contribution >= 4 is 0 Å². The zero-order valence-corrected chi connectivity index (χ0v) is 7.45. The Morgan fingerprint density at radius 3 is 2.67 bits per heavy atom. The van der Waals surface area contributed by atoms with Crippen molar-refractivity contribution < 1.29 is 10.2 Å². The second-order valence-electron chi connectivity index (χ2n) is 3.50. The van der Waals surface area contributed by atoms with Crippen LogP contribution < -0.4 is 0 Å². The van der Waals surface area contributed by atoms with Crippen LogP contribution in [0.15, 0.2) is 12.2 Å². The highest BCUT2D eigenvalue weighted by atomic mass is 16.3. The van der Waals surface area contributed by atoms with Crippen LogP contribution in [0.4, 0.5) is 0 Å². The average molecular weight is 170 g/mol. The van der Waals surface area contributed by atoms with Crippen LogP contribution >= 0.6 is 0 Å². The first kappa shape index (κ1) is 9.75. The summed E-state index contributed by atoms with van der Waals surface area (Å²) in [6, 6.07) is 0. The molecule has 0 aromatic carbocycles. The minimum Gasteiger partial charge on any atom is -0.396 e. The average Bonchev–Trinajstić information content (AvgIpc) is 2.15. The Kier molecular flexibility index (Phi) is 4.33. The molecule has 0 spiro atoms. The van der Waals surface area contributed by atoms with Crippen molar-refractivity contribution in [1.29, 1.82) is 0 Å². The van der Waals surface area contributed by atoms with E-state index in [4.69, 9.17) is 10.2 Å². The van der Waals surface area contributed by atoms with Crippen LogP contribution in [0, 0.1) is 11.8 Å². The summed E-state index contributed by atoms with van der Waals surface area (Å²) in [5.74, 6) is 0.895. The van der Waals surface area contributed by atoms with Gasteiger partial charge in [0.1, 0.15) is 0 Å². The van der Waals surface area contributed by atoms with Crippen LogP contribution in [0.1, 0.15) is 25.7 Å². The molecule has 2 heteroatoms. The summed E-state index contributed by atoms with van der Waals surface area (Å²) in [5.41, 5.74) is 0. The summed E-state index contributed by atoms with van der Waals surface area (Å²) in [6.07, 6.45) is 8.51. The molecule has 0 saturated carbocycles. The van der Waals surface area contributed by atoms with Crippen LogP contribution in [0.25, 0.3) is 0 Å². The van der Waals surface area contributed by atoms with E-state index in [2.05, 4.69) is 12.2 Å². The maximum atomic E-state index is 9.07. The Hall–Kier alpha value is -0.340. The van der Waals surface area contributed by atoms with Gasteiger partial charge in [0.2, 0.25) is 0 Å². The van der Waals surface area contributed by atoms with Crippen molar-refractivity contribution in [3.63, 3.8) is 0 Å². The van der Waals surface area contributed by atoms with E-state index in [1.807, 2.05) is 0 Å². The van der Waals surface area contributed by atoms with Gasteiger partial charge in [-0.05, 0) is 37.5 Å². The third kappa shape index (κ3) is 2.61. The first-order valence-electron chi connectivity index (χ1n) is 4.75. The number of rotatable bonds is 4. The first-order chi connectivity index (χ1) is 5.88. The fourth-order valence-electron chi connectivity index (χ4n) is 1.89. The molecule has 2 unspecified atom stereocenters. The Bertz CT molecular complexity index is 143. The van der Waals surface area contributed by atoms with Gasteiger partial charge in [-0.15, -0.1) is 0 Å². The molecule has 70 valence electrons. The maximum absolute atomic E-state index is 9.07. The van der Waals surface area contributed by atoms with Crippen molar-refractivity contribution in [3.05, 3.63) is 12.2 Å². The molecular weight excluding hydrogens is 152 g/mol. The standard InChI is InChI=1S/C10H18O2/c11-7-6-10(8-12)9-4-2-1-3-5-9/h1-2,9-12H,3-8H2. The molecule has 2 atom stereocenters. The van der Waals surface area contributed by atoms with E-state index < -0.39 is 0 Å². The monoisotopic (exact) mass is 170 g/mol. The van der Waals surface area contributed by atoms with Crippen LogP contribution in [0.2, 0.25) is 0 Å². The highest BCUT2D eigenvalue weighted by molar-refractivity contribution is 4.91. The lowest BCUT2D eigenvalue weighted by Gasteiger charge is -2.25. The molecule has 0 aliphatic heterocycles. The van der Waals surface area contributed by atoms with Gasteiger partial charge in [0.25, 0.3) is 0 Å². The van der Waals surface area contributed by atoms with Gasteiger partial charge < -0.3 is 10.2 Å². The molecule has 0 aromatic rings. The Balaban J connectivity index is 2.36. The number of allylic oxidation sites excluding steroid dienone is 2. The third-order valence-corrected chi connectivity index (χ3v) is 2.71. The second-order valence-corrected chi connectivity index (χ2v) is 3.50. The molecular formula is C10H18O2. The molecule has 2 nitrogen and oxygen atoms in total. The zero-order chi connectivity index (χ0) is 8.81. The zero-order valence-electron chi connectivity index (χ0n) is 7.45. The van der Waals surface area contributed by atoms with Crippen LogP contribution in [-0.4, -0.2) is 23.4 Å². The van der Waals surface area contributed by atoms with E-state index in [-0.39, 0.29) is 13.2 Å². The van der Waals surface area contributed by atoms with E-state index >= 15 is 0 Å². The van der Waals surface area contributed by atoms with E-state index in [1.54, 1.807) is 0 Å². The van der Waals surface area contributed by atoms with E-state index in [0.29, 0.717) is 11.8 Å². The Morgan fingerprint density at radius 1 is 1.33 bits per heavy atom. The summed E-state index contributed by atoms with van der Waals surface area (Å²) >= 11 is 0. The van der Waals surface area contributed by atoms with Crippen LogP contribution in [0.3, 0.4) is 0 Å². The van der Waals surface area contributed by atoms with Crippen molar-refractivity contribution in [2.24, 2.45) is 11.8 Å². The van der Waals surface area contributed by atoms with Gasteiger partial charge in [0, 0.05) is 13.2 Å². The number of hydrogen-bond donors (Lipinski definition) is 2. The van der Waals surface area contributed by atoms with Gasteiger partial charge in [-0.1, -0.05) is 12.2 Å². The Labute approximate surface area is 73.9 Å². The summed E-state index contributed by atoms with van der Waals surface area (Å²) in [7, 11) is 0. The summed E-state index contributed by atoms with van der Waals surface area (Å²) in [5, 5.41) is 17.8. The SMILES string of the molecule is OCCC(CO)C1CC=CCC1. The summed E-state index contributed by atoms with van der Waals surface area (Å²) in [6.45, 7) is 0.421. The lowest BCUT2D eigenvalue weighted by molar-refractivity contribution is 0.134. The normalized spacial score (nSPS) is 25.7. The molecule has 1 aliphatic rings. The second kappa shape index (κ2) is 5.33. The minimum atomic E-state index is 0.200. The van der Waals surface area contributed by atoms with Gasteiger partial charge >= 0.3 is 0 Å². The van der Waals surface area contributed by atoms with Gasteiger partial charge in [-0.25, -0.2) is 0 Å². The van der Waals surface area contributed by atoms with Crippen molar-refractivity contribution in [2.45, 2.75) is 25.7 Å². The van der Waals surface area contributed by atoms with Crippen molar-refractivity contribution in [3.8, 4) is 0 Å². The molecule has 1 aliphatic carbocycles. The molecule has 0 fully saturated rings. The summed E-state index contributed by atoms with van der Waals surface area (Å²) < 4.78 is 0. The van der Waals surface area contributed by atoms with Crippen molar-refractivity contribution in [2.75, 3.05) is 13.2 Å². The highest BCUT2D eigenvalue weighted by Crippen LogP contribution is 2.27. The van der Waals surface area contributed by atoms with E-state index in [1.165, 1.54) is 6.42 Å². The maximum Gasteiger partial charge on any atom is 0.0462 e. The topological polar surface area (TPSA) is 40.5 Å². The molecule has 0 aromatic heterocycles. The van der Waals surface area contributed by atoms with Crippen molar-refractivity contribution in [1.82, 2.24) is 0 Å². The molecule has 0 heterocycles. The minimum absolute atomic E-state index is 0.200. The molecule has 0 amide bonds. The van der Waals surface area contributed by atoms with Crippen LogP contribution in [-0.2, 0) is 0 Å². The fraction of sp³-hybridized carbons (Fsp3) is 0.800. The molecule has 2 N–H and O–H groups in total.